The molecular formula is C37H58O9. The largest absolute Gasteiger partial charge is 0.508 e. The summed E-state index contributed by atoms with van der Waals surface area (Å²) < 4.78 is 32.1. The second-order valence-electron chi connectivity index (χ2n) is 15.1. The van der Waals surface area contributed by atoms with Crippen molar-refractivity contribution in [3.05, 3.63) is 23.3 Å². The zero-order valence-electron chi connectivity index (χ0n) is 29.6. The molecule has 0 unspecified atom stereocenters. The van der Waals surface area contributed by atoms with E-state index in [9.17, 15) is 14.4 Å². The average Bonchev–Trinajstić information content (AvgIpc) is 3.39. The number of carbonyl (C=O) groups is 3. The maximum atomic E-state index is 13.5. The molecule has 0 amide bonds. The molecule has 0 aliphatic heterocycles. The molecule has 3 fully saturated rings. The van der Waals surface area contributed by atoms with E-state index in [4.69, 9.17) is 28.4 Å². The van der Waals surface area contributed by atoms with Gasteiger partial charge in [-0.15, -0.1) is 0 Å². The summed E-state index contributed by atoms with van der Waals surface area (Å²) in [6.07, 6.45) is 11.1. The van der Waals surface area contributed by atoms with E-state index in [0.717, 1.165) is 50.5 Å². The van der Waals surface area contributed by atoms with E-state index >= 15 is 0 Å². The molecule has 0 saturated heterocycles. The van der Waals surface area contributed by atoms with Crippen LogP contribution in [0.3, 0.4) is 0 Å². The van der Waals surface area contributed by atoms with Gasteiger partial charge < -0.3 is 28.4 Å². The number of ketones is 1. The summed E-state index contributed by atoms with van der Waals surface area (Å²) in [4.78, 5) is 38.0. The van der Waals surface area contributed by atoms with Gasteiger partial charge in [-0.2, -0.15) is 0 Å². The molecule has 4 aliphatic carbocycles. The Hall–Kier alpha value is -2.39. The SMILES string of the molecule is CCCC[C@@H](CC(=O)C(C)(C)OCOC)[C@@H](C)[C@H]1CC[C@H]2C3=CC=C4C[C@@H](OC(=O)OC)C[C@H](OC(=O)OC)[C@]4(C)[C@H]3CC[C@]12C. The summed E-state index contributed by atoms with van der Waals surface area (Å²) in [5.41, 5.74) is 1.40. The van der Waals surface area contributed by atoms with Crippen molar-refractivity contribution in [3.63, 3.8) is 0 Å². The second kappa shape index (κ2) is 14.8. The van der Waals surface area contributed by atoms with Gasteiger partial charge in [0.25, 0.3) is 0 Å². The Morgan fingerprint density at radius 3 is 2.33 bits per heavy atom. The Kier molecular flexibility index (Phi) is 11.7. The maximum Gasteiger partial charge on any atom is 0.508 e. The fourth-order valence-corrected chi connectivity index (χ4v) is 9.63. The fraction of sp³-hybridized carbons (Fsp3) is 0.811. The van der Waals surface area contributed by atoms with Gasteiger partial charge in [0, 0.05) is 31.8 Å². The third-order valence-electron chi connectivity index (χ3n) is 12.5. The van der Waals surface area contributed by atoms with Gasteiger partial charge in [0.15, 0.2) is 5.78 Å². The van der Waals surface area contributed by atoms with Crippen molar-refractivity contribution in [1.29, 1.82) is 0 Å². The van der Waals surface area contributed by atoms with Gasteiger partial charge in [-0.3, -0.25) is 4.79 Å². The van der Waals surface area contributed by atoms with E-state index in [2.05, 4.69) is 39.8 Å². The van der Waals surface area contributed by atoms with Crippen LogP contribution in [0.25, 0.3) is 0 Å². The summed E-state index contributed by atoms with van der Waals surface area (Å²) in [6, 6.07) is 0. The van der Waals surface area contributed by atoms with Crippen LogP contribution >= 0.6 is 0 Å². The minimum absolute atomic E-state index is 0.103. The highest BCUT2D eigenvalue weighted by molar-refractivity contribution is 5.86. The highest BCUT2D eigenvalue weighted by Gasteiger charge is 2.60. The predicted octanol–water partition coefficient (Wildman–Crippen LogP) is 8.20. The van der Waals surface area contributed by atoms with Gasteiger partial charge in [0.05, 0.1) is 14.2 Å². The number of unbranched alkanes of at least 4 members (excludes halogenated alkanes) is 1. The first kappa shape index (κ1) is 36.4. The predicted molar refractivity (Wildman–Crippen MR) is 174 cm³/mol. The lowest BCUT2D eigenvalue weighted by atomic mass is 9.49. The van der Waals surface area contributed by atoms with Gasteiger partial charge in [-0.25, -0.2) is 9.59 Å². The van der Waals surface area contributed by atoms with E-state index in [1.807, 2.05) is 13.8 Å². The fourth-order valence-electron chi connectivity index (χ4n) is 9.63. The van der Waals surface area contributed by atoms with E-state index in [1.54, 1.807) is 7.11 Å². The van der Waals surface area contributed by atoms with Crippen LogP contribution < -0.4 is 0 Å². The van der Waals surface area contributed by atoms with Crippen LogP contribution in [-0.4, -0.2) is 64.0 Å². The van der Waals surface area contributed by atoms with Crippen molar-refractivity contribution < 1.29 is 42.8 Å². The lowest BCUT2D eigenvalue weighted by Crippen LogP contribution is -2.54. The third kappa shape index (κ3) is 7.06. The Bertz CT molecular complexity index is 1170. The van der Waals surface area contributed by atoms with Gasteiger partial charge >= 0.3 is 12.3 Å². The van der Waals surface area contributed by atoms with Gasteiger partial charge in [0.2, 0.25) is 0 Å². The van der Waals surface area contributed by atoms with Crippen LogP contribution in [0.4, 0.5) is 9.59 Å². The first-order valence-electron chi connectivity index (χ1n) is 17.3. The Balaban J connectivity index is 1.60. The van der Waals surface area contributed by atoms with Crippen molar-refractivity contribution in [2.75, 3.05) is 28.1 Å². The van der Waals surface area contributed by atoms with Crippen molar-refractivity contribution >= 4 is 18.1 Å². The molecule has 9 nitrogen and oxygen atoms in total. The third-order valence-corrected chi connectivity index (χ3v) is 12.5. The van der Waals surface area contributed by atoms with Crippen LogP contribution in [0.5, 0.6) is 0 Å². The molecule has 0 bridgehead atoms. The number of fused-ring (bicyclic) bond motifs is 5. The second-order valence-corrected chi connectivity index (χ2v) is 15.1. The number of methoxy groups -OCH3 is 3. The number of carbonyl (C=O) groups excluding carboxylic acids is 3. The topological polar surface area (TPSA) is 107 Å². The molecule has 0 aromatic carbocycles. The van der Waals surface area contributed by atoms with E-state index < -0.39 is 35.5 Å². The summed E-state index contributed by atoms with van der Waals surface area (Å²) in [7, 11) is 4.19. The first-order chi connectivity index (χ1) is 21.8. The molecular weight excluding hydrogens is 588 g/mol. The Labute approximate surface area is 276 Å². The summed E-state index contributed by atoms with van der Waals surface area (Å²) in [6.45, 7) is 13.1. The highest BCUT2D eigenvalue weighted by atomic mass is 16.7. The smallest absolute Gasteiger partial charge is 0.438 e. The number of hydrogen-bond acceptors (Lipinski definition) is 9. The lowest BCUT2D eigenvalue weighted by molar-refractivity contribution is -0.157. The summed E-state index contributed by atoms with van der Waals surface area (Å²) in [5, 5.41) is 0. The molecule has 4 rings (SSSR count). The monoisotopic (exact) mass is 646 g/mol. The van der Waals surface area contributed by atoms with E-state index in [0.29, 0.717) is 42.9 Å². The molecule has 9 heteroatoms. The number of Topliss-reactive ketones (excluding diaryl/α,β-unsaturated/α-hetero) is 1. The van der Waals surface area contributed by atoms with E-state index in [-0.39, 0.29) is 23.9 Å². The lowest BCUT2D eigenvalue weighted by Gasteiger charge is -2.57. The molecule has 0 aromatic heterocycles. The van der Waals surface area contributed by atoms with Crippen molar-refractivity contribution in [2.24, 2.45) is 40.4 Å². The normalized spacial score (nSPS) is 33.3. The zero-order chi connectivity index (χ0) is 33.9. The number of allylic oxidation sites excluding steroid dienone is 3. The summed E-state index contributed by atoms with van der Waals surface area (Å²) >= 11 is 0. The molecule has 0 radical (unpaired) electrons. The molecule has 0 spiro atoms. The Morgan fingerprint density at radius 1 is 0.978 bits per heavy atom. The van der Waals surface area contributed by atoms with Crippen molar-refractivity contribution in [3.8, 4) is 0 Å². The molecule has 0 aromatic rings. The number of rotatable bonds is 13. The number of ether oxygens (including phenoxy) is 6. The van der Waals surface area contributed by atoms with Crippen molar-refractivity contribution in [1.82, 2.24) is 0 Å². The van der Waals surface area contributed by atoms with Crippen LogP contribution in [0.1, 0.15) is 106 Å². The van der Waals surface area contributed by atoms with Gasteiger partial charge in [-0.05, 0) is 81.0 Å². The molecule has 3 saturated carbocycles. The molecule has 0 N–H and O–H groups in total. The first-order valence-corrected chi connectivity index (χ1v) is 17.3. The summed E-state index contributed by atoms with van der Waals surface area (Å²) in [5.74, 6) is 1.96. The number of hydrogen-bond donors (Lipinski definition) is 0. The standard InChI is InChI=1S/C37H58O9/c1-10-11-12-24(19-31(38)35(3,4)44-22-41-7)23(2)28-15-16-29-27-14-13-25-20-26(45-33(39)42-8)21-32(46-34(40)43-9)37(25,6)30(27)17-18-36(28,29)5/h13-14,23-24,26,28-30,32H,10-12,15-22H2,1-9H3/t23-,24+,26-,28-,29+,30+,32+,36-,37+/m1/s1. The van der Waals surface area contributed by atoms with Crippen LogP contribution in [0, 0.1) is 40.4 Å². The van der Waals surface area contributed by atoms with Crippen molar-refractivity contribution in [2.45, 2.75) is 124 Å². The maximum absolute atomic E-state index is 13.5. The van der Waals surface area contributed by atoms with Gasteiger partial charge in [0.1, 0.15) is 24.6 Å². The minimum atomic E-state index is -0.879. The quantitative estimate of drug-likeness (QED) is 0.145. The van der Waals surface area contributed by atoms with Crippen LogP contribution in [0.15, 0.2) is 23.3 Å². The Morgan fingerprint density at radius 2 is 1.67 bits per heavy atom. The molecule has 4 aliphatic rings. The van der Waals surface area contributed by atoms with Crippen LogP contribution in [-0.2, 0) is 33.2 Å². The molecule has 46 heavy (non-hydrogen) atoms. The van der Waals surface area contributed by atoms with Gasteiger partial charge in [-0.1, -0.05) is 63.8 Å². The van der Waals surface area contributed by atoms with Crippen LogP contribution in [0.2, 0.25) is 0 Å². The minimum Gasteiger partial charge on any atom is -0.438 e. The van der Waals surface area contributed by atoms with E-state index in [1.165, 1.54) is 19.8 Å². The molecule has 260 valence electrons. The zero-order valence-corrected chi connectivity index (χ0v) is 29.6. The molecule has 9 atom stereocenters. The molecule has 0 heterocycles. The average molecular weight is 647 g/mol. The highest BCUT2D eigenvalue weighted by Crippen LogP contribution is 2.67.